The smallest absolute Gasteiger partial charge is 0.399 e. The zero-order valence-electron chi connectivity index (χ0n) is 80.3. The van der Waals surface area contributed by atoms with Crippen LogP contribution in [0.1, 0.15) is 38.3 Å². The van der Waals surface area contributed by atoms with Gasteiger partial charge in [0.25, 0.3) is 11.1 Å². The van der Waals surface area contributed by atoms with E-state index in [2.05, 4.69) is 476 Å². The first-order valence-corrected chi connectivity index (χ1v) is 55.0. The summed E-state index contributed by atoms with van der Waals surface area (Å²) in [6, 6.07) is 181. The van der Waals surface area contributed by atoms with Crippen molar-refractivity contribution in [2.24, 2.45) is 0 Å². The van der Waals surface area contributed by atoms with Crippen molar-refractivity contribution in [3.05, 3.63) is 569 Å². The van der Waals surface area contributed by atoms with Crippen LogP contribution in [0.4, 0.5) is 10.8 Å². The third kappa shape index (κ3) is 28.1. The number of rotatable bonds is 20. The van der Waals surface area contributed by atoms with Gasteiger partial charge in [-0.25, -0.2) is 20.2 Å². The molecule has 0 aliphatic carbocycles. The van der Waals surface area contributed by atoms with E-state index in [1.54, 1.807) is 40.9 Å². The number of nitrogens with zero attached hydrogens (tertiary/aromatic N) is 4. The predicted molar refractivity (Wildman–Crippen MR) is 619 cm³/mol. The van der Waals surface area contributed by atoms with E-state index < -0.39 is 31.7 Å². The molecular formula is C125H105BClN7O4P4PdS2. The number of H-pyrrole nitrogens is 2. The van der Waals surface area contributed by atoms with Crippen molar-refractivity contribution in [1.82, 2.24) is 30.4 Å². The molecule has 20 heteroatoms. The summed E-state index contributed by atoms with van der Waals surface area (Å²) in [5.74, 6) is 0. The van der Waals surface area contributed by atoms with Crippen molar-refractivity contribution >= 4 is 175 Å². The van der Waals surface area contributed by atoms with Gasteiger partial charge in [0.05, 0.1) is 44.1 Å². The van der Waals surface area contributed by atoms with E-state index in [1.165, 1.54) is 69.2 Å². The number of hydrogen-bond donors (Lipinski definition) is 3. The van der Waals surface area contributed by atoms with Crippen LogP contribution in [0, 0.1) is 0 Å². The second-order valence-corrected chi connectivity index (χ2v) is 45.3. The van der Waals surface area contributed by atoms with Crippen LogP contribution in [0.2, 0.25) is 5.15 Å². The van der Waals surface area contributed by atoms with Crippen LogP contribution >= 0.6 is 66.0 Å². The van der Waals surface area contributed by atoms with Crippen LogP contribution in [0.3, 0.4) is 0 Å². The van der Waals surface area contributed by atoms with E-state index in [1.807, 2.05) is 96.4 Å². The van der Waals surface area contributed by atoms with Crippen LogP contribution < -0.4 is 85.6 Å². The number of anilines is 2. The Balaban J connectivity index is 0.000000123. The molecule has 1 aliphatic rings. The summed E-state index contributed by atoms with van der Waals surface area (Å²) in [5.41, 5.74) is 8.18. The summed E-state index contributed by atoms with van der Waals surface area (Å²) >= 11 is 9.02. The van der Waals surface area contributed by atoms with Crippen molar-refractivity contribution in [2.75, 3.05) is 5.32 Å². The molecule has 1 fully saturated rings. The fourth-order valence-corrected chi connectivity index (χ4v) is 27.1. The van der Waals surface area contributed by atoms with Gasteiger partial charge in [0.1, 0.15) is 0 Å². The molecule has 5 heterocycles. The van der Waals surface area contributed by atoms with Crippen LogP contribution in [0.5, 0.6) is 0 Å². The van der Waals surface area contributed by atoms with Crippen molar-refractivity contribution in [1.29, 1.82) is 0 Å². The maximum absolute atomic E-state index is 12.0. The van der Waals surface area contributed by atoms with Gasteiger partial charge in [0.2, 0.25) is 0 Å². The molecule has 22 aromatic rings. The van der Waals surface area contributed by atoms with Gasteiger partial charge < -0.3 is 14.6 Å². The molecule has 0 saturated carbocycles. The van der Waals surface area contributed by atoms with Crippen molar-refractivity contribution in [2.45, 2.75) is 45.3 Å². The number of fused-ring (bicyclic) bond motifs is 2. The van der Waals surface area contributed by atoms with Crippen LogP contribution in [0.25, 0.3) is 55.3 Å². The number of halogens is 1. The van der Waals surface area contributed by atoms with Gasteiger partial charge in [0.15, 0.2) is 10.3 Å². The molecule has 18 aromatic carbocycles. The summed E-state index contributed by atoms with van der Waals surface area (Å²) in [6.45, 7) is 8.31. The Bertz CT molecular complexity index is 6950. The SMILES string of the molecule is CC1(C)OB(c2ccc(Cc3nc(-c4ccccc4)cs3)cc2)OC1(C)C.O=c1[nH]nc(-c2ccc(Nc3nc(-c4ccccc4)cs3)cc2)c2ccccc12.O=c1[nH]nc(Cl)c2ccccc12.[Pd].c1ccc(P(c2ccccc2)c2ccccc2)cc1.c1ccc(P(c2ccccc2)c2ccccc2)cc1.c1ccc(P(c2ccccc2)c2ccccc2)cc1.c1ccc(P(c2ccccc2)c2ccccc2)cc1. The standard InChI is InChI=1S/C23H16N4OS.C22H24BNO2S.4C18H15P.C8H5ClN2O.Pd/c28-22-19-9-5-4-8-18(19)21(26-27-22)16-10-12-17(13-11-16)24-23-25-20(14-29-23)15-6-2-1-3-7-15;1-21(2)22(3,4)26-23(25-21)18-12-10-16(11-13-18)14-20-24-19(15-27-20)17-8-6-5-7-9-17;4*1-4-10-16(11-5-1)19(17-12-6-2-7-13-17)18-14-8-3-9-15-18;9-7-5-3-1-2-4-6(5)8(12)11-10-7;/h1-14H,(H,24,25)(H,27,28);5-13,15H,14H2,1-4H3;4*1-15H;1-4H,(H,11,12);. The Morgan fingerprint density at radius 1 is 0.297 bits per heavy atom. The summed E-state index contributed by atoms with van der Waals surface area (Å²) in [5, 5.41) is 42.1. The molecule has 1 saturated heterocycles. The monoisotopic (exact) mass is 2110 g/mol. The van der Waals surface area contributed by atoms with E-state index in [4.69, 9.17) is 25.9 Å². The minimum atomic E-state index is -0.446. The Labute approximate surface area is 880 Å². The van der Waals surface area contributed by atoms with Crippen LogP contribution in [-0.2, 0) is 36.2 Å². The molecule has 0 unspecified atom stereocenters. The molecule has 1 aliphatic heterocycles. The quantitative estimate of drug-likeness (QED) is 0.0501. The predicted octanol–water partition coefficient (Wildman–Crippen LogP) is 25.5. The molecular weight excluding hydrogens is 2000 g/mol. The molecule has 716 valence electrons. The first kappa shape index (κ1) is 104. The minimum absolute atomic E-state index is 0. The molecule has 11 nitrogen and oxygen atoms in total. The zero-order valence-corrected chi connectivity index (χ0v) is 87.8. The van der Waals surface area contributed by atoms with Crippen LogP contribution in [-0.4, -0.2) is 48.7 Å². The summed E-state index contributed by atoms with van der Waals surface area (Å²) in [7, 11) is -2.10. The molecule has 3 N–H and O–H groups in total. The average Bonchev–Trinajstić information content (AvgIpc) is 1.62. The Kier molecular flexibility index (Phi) is 37.6. The number of aromatic amines is 2. The number of aromatic nitrogens is 6. The zero-order chi connectivity index (χ0) is 98.9. The molecule has 4 aromatic heterocycles. The normalized spacial score (nSPS) is 11.9. The fourth-order valence-electron chi connectivity index (χ4n) is 16.1. The molecule has 0 spiro atoms. The maximum Gasteiger partial charge on any atom is 0.494 e. The fraction of sp³-hybridized carbons (Fsp3) is 0.0560. The van der Waals surface area contributed by atoms with E-state index in [9.17, 15) is 9.59 Å². The first-order valence-electron chi connectivity index (χ1n) is 47.4. The topological polar surface area (TPSA) is 148 Å². The summed E-state index contributed by atoms with van der Waals surface area (Å²) in [4.78, 5) is 32.6. The Morgan fingerprint density at radius 3 is 0.869 bits per heavy atom. The number of thiazole rings is 2. The van der Waals surface area contributed by atoms with Crippen molar-refractivity contribution in [3.8, 4) is 33.8 Å². The number of hydrogen-bond acceptors (Lipinski definition) is 11. The van der Waals surface area contributed by atoms with Gasteiger partial charge in [-0.05, 0) is 158 Å². The maximum atomic E-state index is 12.0. The van der Waals surface area contributed by atoms with Crippen LogP contribution in [0.15, 0.2) is 542 Å². The van der Waals surface area contributed by atoms with Gasteiger partial charge >= 0.3 is 7.12 Å². The van der Waals surface area contributed by atoms with E-state index in [0.29, 0.717) is 21.3 Å². The van der Waals surface area contributed by atoms with Gasteiger partial charge in [-0.15, -0.1) is 22.7 Å². The van der Waals surface area contributed by atoms with Gasteiger partial charge in [-0.1, -0.05) is 509 Å². The number of nitrogens with one attached hydrogen (secondary N) is 3. The second kappa shape index (κ2) is 52.5. The van der Waals surface area contributed by atoms with Crippen molar-refractivity contribution in [3.63, 3.8) is 0 Å². The second-order valence-electron chi connectivity index (χ2n) is 34.3. The Hall–Kier alpha value is -14.0. The van der Waals surface area contributed by atoms with Crippen molar-refractivity contribution < 1.29 is 29.7 Å². The van der Waals surface area contributed by atoms with E-state index in [0.717, 1.165) is 66.9 Å². The third-order valence-corrected chi connectivity index (χ3v) is 35.7. The van der Waals surface area contributed by atoms with Gasteiger partial charge in [0, 0.05) is 70.8 Å². The number of benzene rings is 18. The van der Waals surface area contributed by atoms with Gasteiger partial charge in [-0.2, -0.15) is 10.2 Å². The molecule has 0 radical (unpaired) electrons. The average molecular weight is 2110 g/mol. The summed E-state index contributed by atoms with van der Waals surface area (Å²) in [6.07, 6.45) is 0.834. The first-order chi connectivity index (χ1) is 70.7. The molecule has 0 amide bonds. The summed E-state index contributed by atoms with van der Waals surface area (Å²) < 4.78 is 12.3. The minimum Gasteiger partial charge on any atom is -0.399 e. The third-order valence-electron chi connectivity index (χ3n) is 24.0. The largest absolute Gasteiger partial charge is 0.494 e. The Morgan fingerprint density at radius 2 is 0.559 bits per heavy atom. The molecule has 23 rings (SSSR count). The molecule has 145 heavy (non-hydrogen) atoms. The van der Waals surface area contributed by atoms with E-state index in [-0.39, 0.29) is 49.9 Å². The van der Waals surface area contributed by atoms with E-state index >= 15 is 0 Å². The molecule has 0 atom stereocenters. The van der Waals surface area contributed by atoms with Gasteiger partial charge in [-0.3, -0.25) is 9.59 Å². The molecule has 0 bridgehead atoms.